The van der Waals surface area contributed by atoms with Gasteiger partial charge in [-0.05, 0) is 45.4 Å². The third-order valence-corrected chi connectivity index (χ3v) is 6.11. The summed E-state index contributed by atoms with van der Waals surface area (Å²) < 4.78 is 7.02. The summed E-state index contributed by atoms with van der Waals surface area (Å²) in [5, 5.41) is 11.2. The molecule has 0 bridgehead atoms. The molecule has 0 aliphatic carbocycles. The number of thiazole rings is 1. The summed E-state index contributed by atoms with van der Waals surface area (Å²) in [7, 11) is 0. The van der Waals surface area contributed by atoms with Gasteiger partial charge in [0.25, 0.3) is 0 Å². The molecule has 7 nitrogen and oxygen atoms in total. The molecule has 3 rings (SSSR count). The van der Waals surface area contributed by atoms with E-state index in [-0.39, 0.29) is 18.1 Å². The van der Waals surface area contributed by atoms with Crippen molar-refractivity contribution in [3.05, 3.63) is 51.7 Å². The van der Waals surface area contributed by atoms with E-state index in [9.17, 15) is 9.59 Å². The second kappa shape index (κ2) is 9.32. The van der Waals surface area contributed by atoms with Crippen molar-refractivity contribution in [2.75, 3.05) is 12.4 Å². The molecule has 1 aromatic carbocycles. The topological polar surface area (TPSA) is 87.0 Å². The maximum atomic E-state index is 12.9. The molecule has 0 unspecified atom stereocenters. The molecular formula is C20H22N4O3S2. The summed E-state index contributed by atoms with van der Waals surface area (Å²) in [4.78, 5) is 29.7. The average Bonchev–Trinajstić information content (AvgIpc) is 3.26. The van der Waals surface area contributed by atoms with Crippen LogP contribution in [0.4, 0.5) is 0 Å². The monoisotopic (exact) mass is 430 g/mol. The lowest BCUT2D eigenvalue weighted by atomic mass is 10.1. The second-order valence-electron chi connectivity index (χ2n) is 6.47. The number of aryl methyl sites for hydroxylation is 3. The molecule has 0 radical (unpaired) electrons. The van der Waals surface area contributed by atoms with Crippen LogP contribution < -0.4 is 0 Å². The number of ether oxygens (including phenoxy) is 1. The molecule has 0 aliphatic heterocycles. The largest absolute Gasteiger partial charge is 0.465 e. The summed E-state index contributed by atoms with van der Waals surface area (Å²) in [6.07, 6.45) is 0. The molecule has 0 spiro atoms. The van der Waals surface area contributed by atoms with Gasteiger partial charge in [0.15, 0.2) is 16.9 Å². The predicted octanol–water partition coefficient (Wildman–Crippen LogP) is 3.66. The Morgan fingerprint density at radius 3 is 2.69 bits per heavy atom. The lowest BCUT2D eigenvalue weighted by Crippen LogP contribution is -2.25. The zero-order chi connectivity index (χ0) is 21.0. The molecule has 1 atom stereocenters. The van der Waals surface area contributed by atoms with Crippen molar-refractivity contribution >= 4 is 34.9 Å². The number of aromatic nitrogens is 4. The Kier molecular flexibility index (Phi) is 6.81. The van der Waals surface area contributed by atoms with Gasteiger partial charge in [0, 0.05) is 16.8 Å². The number of nitrogens with zero attached hydrogens (tertiary/aromatic N) is 4. The molecule has 0 N–H and O–H groups in total. The minimum absolute atomic E-state index is 0.0616. The summed E-state index contributed by atoms with van der Waals surface area (Å²) in [6, 6.07) is 7.97. The van der Waals surface area contributed by atoms with Crippen LogP contribution in [0.2, 0.25) is 0 Å². The molecule has 0 aliphatic rings. The van der Waals surface area contributed by atoms with E-state index in [0.717, 1.165) is 22.8 Å². The molecular weight excluding hydrogens is 408 g/mol. The van der Waals surface area contributed by atoms with E-state index in [4.69, 9.17) is 4.74 Å². The maximum Gasteiger partial charge on any atom is 0.323 e. The number of hydrogen-bond donors (Lipinski definition) is 0. The summed E-state index contributed by atoms with van der Waals surface area (Å²) in [6.45, 7) is 7.63. The Balaban J connectivity index is 1.81. The first kappa shape index (κ1) is 21.2. The number of benzene rings is 1. The Bertz CT molecular complexity index is 1030. The molecule has 0 amide bonds. The fourth-order valence-electron chi connectivity index (χ4n) is 2.82. The molecule has 2 heterocycles. The number of esters is 1. The van der Waals surface area contributed by atoms with Gasteiger partial charge in [-0.15, -0.1) is 21.5 Å². The number of ketones is 1. The third kappa shape index (κ3) is 4.91. The fourth-order valence-corrected chi connectivity index (χ4v) is 4.63. The van der Waals surface area contributed by atoms with Gasteiger partial charge in [-0.1, -0.05) is 23.9 Å². The van der Waals surface area contributed by atoms with Gasteiger partial charge in [0.05, 0.1) is 12.4 Å². The van der Waals surface area contributed by atoms with Crippen LogP contribution in [0.3, 0.4) is 0 Å². The lowest BCUT2D eigenvalue weighted by molar-refractivity contribution is -0.147. The van der Waals surface area contributed by atoms with E-state index in [2.05, 4.69) is 15.2 Å². The van der Waals surface area contributed by atoms with Gasteiger partial charge in [-0.2, -0.15) is 0 Å². The van der Waals surface area contributed by atoms with E-state index in [1.54, 1.807) is 6.92 Å². The van der Waals surface area contributed by atoms with E-state index < -0.39 is 11.9 Å². The van der Waals surface area contributed by atoms with Gasteiger partial charge in [0.2, 0.25) is 0 Å². The van der Waals surface area contributed by atoms with Crippen LogP contribution in [0.15, 0.2) is 34.8 Å². The smallest absolute Gasteiger partial charge is 0.323 e. The molecule has 0 fully saturated rings. The minimum atomic E-state index is -1.02. The molecule has 0 saturated heterocycles. The fraction of sp³-hybridized carbons (Fsp3) is 0.350. The van der Waals surface area contributed by atoms with Gasteiger partial charge >= 0.3 is 5.97 Å². The number of hydrogen-bond acceptors (Lipinski definition) is 8. The number of rotatable bonds is 8. The highest BCUT2D eigenvalue weighted by Crippen LogP contribution is 2.27. The van der Waals surface area contributed by atoms with Gasteiger partial charge in [-0.3, -0.25) is 14.2 Å². The normalized spacial score (nSPS) is 12.0. The van der Waals surface area contributed by atoms with Crippen LogP contribution >= 0.6 is 23.1 Å². The second-order valence-corrected chi connectivity index (χ2v) is 8.30. The Hall–Kier alpha value is -2.52. The quantitative estimate of drug-likeness (QED) is 0.306. The Labute approximate surface area is 177 Å². The highest BCUT2D eigenvalue weighted by molar-refractivity contribution is 7.99. The van der Waals surface area contributed by atoms with Crippen molar-refractivity contribution in [1.29, 1.82) is 0 Å². The molecule has 9 heteroatoms. The first-order chi connectivity index (χ1) is 13.9. The van der Waals surface area contributed by atoms with Crippen molar-refractivity contribution in [2.24, 2.45) is 0 Å². The Morgan fingerprint density at radius 1 is 1.24 bits per heavy atom. The molecule has 29 heavy (non-hydrogen) atoms. The van der Waals surface area contributed by atoms with Gasteiger partial charge in [-0.25, -0.2) is 4.98 Å². The van der Waals surface area contributed by atoms with Crippen molar-refractivity contribution in [1.82, 2.24) is 19.7 Å². The molecule has 3 aromatic rings. The number of carbonyl (C=O) groups is 2. The first-order valence-corrected chi connectivity index (χ1v) is 11.0. The van der Waals surface area contributed by atoms with Crippen molar-refractivity contribution < 1.29 is 14.3 Å². The summed E-state index contributed by atoms with van der Waals surface area (Å²) in [5.74, 6) is -1.06. The third-order valence-electron chi connectivity index (χ3n) is 4.13. The predicted molar refractivity (Wildman–Crippen MR) is 113 cm³/mol. The van der Waals surface area contributed by atoms with Crippen molar-refractivity contribution in [3.8, 4) is 5.69 Å². The SMILES string of the molecule is CCOC(=O)[C@H](C(=O)CSc1nnc(C)n1-c1cccc(C)c1)c1nc(C)cs1. The molecule has 2 aromatic heterocycles. The van der Waals surface area contributed by atoms with Crippen LogP contribution in [-0.4, -0.2) is 43.9 Å². The molecule has 0 saturated carbocycles. The van der Waals surface area contributed by atoms with E-state index in [1.807, 2.05) is 55.0 Å². The number of thioether (sulfide) groups is 1. The van der Waals surface area contributed by atoms with Crippen molar-refractivity contribution in [2.45, 2.75) is 38.8 Å². The first-order valence-electron chi connectivity index (χ1n) is 9.14. The summed E-state index contributed by atoms with van der Waals surface area (Å²) >= 11 is 2.54. The van der Waals surface area contributed by atoms with E-state index in [0.29, 0.717) is 10.2 Å². The lowest BCUT2D eigenvalue weighted by Gasteiger charge is -2.13. The zero-order valence-corrected chi connectivity index (χ0v) is 18.3. The van der Waals surface area contributed by atoms with Crippen LogP contribution in [0, 0.1) is 20.8 Å². The standard InChI is InChI=1S/C20H22N4O3S2/c1-5-27-19(26)17(18-21-13(3)10-28-18)16(25)11-29-20-23-22-14(4)24(20)15-8-6-7-12(2)9-15/h6-10,17H,5,11H2,1-4H3/t17-/m1/s1. The molecule has 152 valence electrons. The Morgan fingerprint density at radius 2 is 2.03 bits per heavy atom. The summed E-state index contributed by atoms with van der Waals surface area (Å²) in [5.41, 5.74) is 2.82. The van der Waals surface area contributed by atoms with Crippen LogP contribution in [0.25, 0.3) is 5.69 Å². The number of carbonyl (C=O) groups excluding carboxylic acids is 2. The van der Waals surface area contributed by atoms with Gasteiger partial charge < -0.3 is 4.74 Å². The van der Waals surface area contributed by atoms with Crippen molar-refractivity contribution in [3.63, 3.8) is 0 Å². The van der Waals surface area contributed by atoms with Crippen LogP contribution in [0.5, 0.6) is 0 Å². The highest BCUT2D eigenvalue weighted by Gasteiger charge is 2.32. The van der Waals surface area contributed by atoms with Crippen LogP contribution in [0.1, 0.15) is 34.9 Å². The van der Waals surface area contributed by atoms with E-state index >= 15 is 0 Å². The maximum absolute atomic E-state index is 12.9. The van der Waals surface area contributed by atoms with Gasteiger partial charge in [0.1, 0.15) is 10.8 Å². The highest BCUT2D eigenvalue weighted by atomic mass is 32.2. The van der Waals surface area contributed by atoms with E-state index in [1.165, 1.54) is 23.1 Å². The average molecular weight is 431 g/mol. The number of Topliss-reactive ketones (excluding diaryl/α,β-unsaturated/α-hetero) is 1. The van der Waals surface area contributed by atoms with Crippen LogP contribution in [-0.2, 0) is 14.3 Å². The minimum Gasteiger partial charge on any atom is -0.465 e. The zero-order valence-electron chi connectivity index (χ0n) is 16.7.